The van der Waals surface area contributed by atoms with Gasteiger partial charge >= 0.3 is 0 Å². The zero-order chi connectivity index (χ0) is 21.2. The fourth-order valence-corrected chi connectivity index (χ4v) is 4.57. The van der Waals surface area contributed by atoms with Gasteiger partial charge in [0.25, 0.3) is 0 Å². The molecule has 2 fully saturated rings. The van der Waals surface area contributed by atoms with Gasteiger partial charge in [-0.25, -0.2) is 23.4 Å². The number of aromatic nitrogens is 4. The summed E-state index contributed by atoms with van der Waals surface area (Å²) in [5.41, 5.74) is 6.73. The minimum Gasteiger partial charge on any atom is -0.726 e. The highest BCUT2D eigenvalue weighted by molar-refractivity contribution is 8.00. The second-order valence-corrected chi connectivity index (χ2v) is 8.80. The average Bonchev–Trinajstić information content (AvgIpc) is 3.34. The summed E-state index contributed by atoms with van der Waals surface area (Å²) in [6.07, 6.45) is 0.882. The van der Waals surface area contributed by atoms with E-state index < -0.39 is 34.9 Å². The summed E-state index contributed by atoms with van der Waals surface area (Å²) in [6.45, 7) is 2.25. The number of hydrogen-bond donors (Lipinski definition) is 5. The van der Waals surface area contributed by atoms with Crippen molar-refractivity contribution in [1.82, 2.24) is 19.5 Å². The lowest BCUT2D eigenvalue weighted by molar-refractivity contribution is -0.635. The third-order valence-electron chi connectivity index (χ3n) is 4.62. The van der Waals surface area contributed by atoms with E-state index in [-0.39, 0.29) is 5.82 Å². The van der Waals surface area contributed by atoms with Gasteiger partial charge in [-0.1, -0.05) is 0 Å². The first-order valence-corrected chi connectivity index (χ1v) is 11.1. The van der Waals surface area contributed by atoms with Crippen LogP contribution in [-0.2, 0) is 15.1 Å². The van der Waals surface area contributed by atoms with E-state index in [1.54, 1.807) is 16.3 Å². The number of imidazole rings is 1. The Morgan fingerprint density at radius 1 is 1.34 bits per heavy atom. The van der Waals surface area contributed by atoms with Gasteiger partial charge in [0.1, 0.15) is 24.1 Å². The summed E-state index contributed by atoms with van der Waals surface area (Å²) in [6, 6.07) is 0. The molecule has 15 heteroatoms. The zero-order valence-electron chi connectivity index (χ0n) is 15.1. The normalized spacial score (nSPS) is 29.7. The third kappa shape index (κ3) is 5.52. The number of ether oxygens (including phenoxy) is 1. The van der Waals surface area contributed by atoms with Gasteiger partial charge in [-0.2, -0.15) is 0 Å². The second kappa shape index (κ2) is 9.05. The highest BCUT2D eigenvalue weighted by Gasteiger charge is 2.44. The number of hydrogen-bond acceptors (Lipinski definition) is 11. The number of nitrogen functional groups attached to an aromatic ring is 1. The van der Waals surface area contributed by atoms with Gasteiger partial charge in [-0.3, -0.25) is 9.12 Å². The van der Waals surface area contributed by atoms with E-state index in [2.05, 4.69) is 20.3 Å². The molecule has 0 aromatic carbocycles. The lowest BCUT2D eigenvalue weighted by atomic mass is 10.1. The number of rotatable bonds is 4. The number of quaternary nitrogens is 1. The van der Waals surface area contributed by atoms with Gasteiger partial charge in [0.05, 0.1) is 30.8 Å². The van der Waals surface area contributed by atoms with Crippen molar-refractivity contribution < 1.29 is 37.8 Å². The van der Waals surface area contributed by atoms with E-state index in [1.165, 1.54) is 19.1 Å². The zero-order valence-corrected chi connectivity index (χ0v) is 16.7. The highest BCUT2D eigenvalue weighted by Crippen LogP contribution is 2.34. The fraction of sp³-hybridized carbons (Fsp3) is 0.643. The maximum atomic E-state index is 10.4. The fourth-order valence-electron chi connectivity index (χ4n) is 3.26. The molecule has 0 amide bonds. The molecule has 5 unspecified atom stereocenters. The molecule has 2 aliphatic heterocycles. The summed E-state index contributed by atoms with van der Waals surface area (Å²) in [5, 5.41) is 23.6. The predicted molar refractivity (Wildman–Crippen MR) is 101 cm³/mol. The maximum absolute atomic E-state index is 10.4. The van der Waals surface area contributed by atoms with E-state index in [9.17, 15) is 10.2 Å². The first-order valence-electron chi connectivity index (χ1n) is 8.71. The van der Waals surface area contributed by atoms with Crippen LogP contribution in [-0.4, -0.2) is 89.7 Å². The smallest absolute Gasteiger partial charge is 0.215 e. The molecule has 0 bridgehead atoms. The standard InChI is InChI=1S/C14H20N6O3S.H2O4S/c15-12-9-13(18-5-17-12)20(6-19-9)14-11(22)10(21)8(23-14)4-24-7-1-2-16-3-7;1-5(2,3)4/h5-8,10-11,14,16,21-22H,1-4H2,(H2,15,17,18);(H2,1,2,3,4). The summed E-state index contributed by atoms with van der Waals surface area (Å²) in [5.74, 6) is 0.924. The quantitative estimate of drug-likeness (QED) is 0.234. The number of thioether (sulfide) groups is 1. The molecule has 2 aromatic rings. The summed E-state index contributed by atoms with van der Waals surface area (Å²) in [4.78, 5) is 12.3. The van der Waals surface area contributed by atoms with Crippen LogP contribution in [0.15, 0.2) is 12.7 Å². The van der Waals surface area contributed by atoms with Crippen LogP contribution < -0.4 is 11.1 Å². The number of fused-ring (bicyclic) bond motifs is 1. The van der Waals surface area contributed by atoms with Crippen molar-refractivity contribution >= 4 is 39.1 Å². The monoisotopic (exact) mass is 450 g/mol. The topological polar surface area (TPSA) is 213 Å². The molecule has 7 N–H and O–H groups in total. The van der Waals surface area contributed by atoms with E-state index in [0.29, 0.717) is 22.2 Å². The molecule has 13 nitrogen and oxygen atoms in total. The van der Waals surface area contributed by atoms with E-state index in [1.807, 2.05) is 0 Å². The predicted octanol–water partition coefficient (Wildman–Crippen LogP) is -2.90. The number of aliphatic hydroxyl groups excluding tert-OH is 2. The van der Waals surface area contributed by atoms with Crippen LogP contribution in [0.1, 0.15) is 12.6 Å². The highest BCUT2D eigenvalue weighted by atomic mass is 32.3. The second-order valence-electron chi connectivity index (χ2n) is 6.61. The van der Waals surface area contributed by atoms with Gasteiger partial charge in [0, 0.05) is 12.2 Å². The lowest BCUT2D eigenvalue weighted by Crippen LogP contribution is -2.81. The Labute approximate surface area is 170 Å². The molecule has 4 heterocycles. The van der Waals surface area contributed by atoms with Gasteiger partial charge in [0.15, 0.2) is 17.7 Å². The molecule has 2 aromatic heterocycles. The van der Waals surface area contributed by atoms with Crippen molar-refractivity contribution in [2.24, 2.45) is 0 Å². The van der Waals surface area contributed by atoms with Crippen LogP contribution in [0, 0.1) is 0 Å². The molecule has 5 atom stereocenters. The van der Waals surface area contributed by atoms with Crippen LogP contribution in [0.3, 0.4) is 0 Å². The number of aliphatic hydroxyl groups is 2. The van der Waals surface area contributed by atoms with E-state index >= 15 is 0 Å². The van der Waals surface area contributed by atoms with Gasteiger partial charge in [-0.15, -0.1) is 11.8 Å². The summed E-state index contributed by atoms with van der Waals surface area (Å²) >= 11 is 1.79. The molecule has 0 saturated carbocycles. The molecule has 29 heavy (non-hydrogen) atoms. The van der Waals surface area contributed by atoms with Crippen molar-refractivity contribution in [2.45, 2.75) is 36.2 Å². The van der Waals surface area contributed by atoms with Crippen LogP contribution >= 0.6 is 11.8 Å². The molecule has 2 saturated heterocycles. The van der Waals surface area contributed by atoms with E-state index in [0.717, 1.165) is 13.1 Å². The third-order valence-corrected chi connectivity index (χ3v) is 6.04. The Hall–Kier alpha value is -1.59. The van der Waals surface area contributed by atoms with Crippen LogP contribution in [0.2, 0.25) is 0 Å². The molecule has 4 rings (SSSR count). The Morgan fingerprint density at radius 2 is 2.07 bits per heavy atom. The first-order chi connectivity index (χ1) is 13.6. The number of anilines is 1. The van der Waals surface area contributed by atoms with Gasteiger partial charge in [0.2, 0.25) is 10.4 Å². The molecule has 162 valence electrons. The van der Waals surface area contributed by atoms with Gasteiger partial charge in [-0.05, 0) is 0 Å². The molecule has 0 radical (unpaired) electrons. The summed E-state index contributed by atoms with van der Waals surface area (Å²) < 4.78 is 40.4. The molecule has 0 aliphatic carbocycles. The van der Waals surface area contributed by atoms with Crippen LogP contribution in [0.4, 0.5) is 5.82 Å². The SMILES string of the molecule is Nc1ncnc2c1ncn2C1OC(CSC2CC[NH2+]C2)C(O)C1O.O=S(=O)([O-])O. The van der Waals surface area contributed by atoms with Crippen molar-refractivity contribution in [3.05, 3.63) is 12.7 Å². The minimum absolute atomic E-state index is 0.274. The minimum atomic E-state index is -4.92. The maximum Gasteiger partial charge on any atom is 0.215 e. The van der Waals surface area contributed by atoms with Crippen LogP contribution in [0.25, 0.3) is 11.2 Å². The van der Waals surface area contributed by atoms with Crippen molar-refractivity contribution in [1.29, 1.82) is 0 Å². The number of nitrogens with zero attached hydrogens (tertiary/aromatic N) is 4. The van der Waals surface area contributed by atoms with Crippen molar-refractivity contribution in [3.63, 3.8) is 0 Å². The first kappa shape index (κ1) is 22.1. The molecule has 2 aliphatic rings. The average molecular weight is 450 g/mol. The Kier molecular flexibility index (Phi) is 6.90. The summed E-state index contributed by atoms with van der Waals surface area (Å²) in [7, 11) is -4.92. The molecular weight excluding hydrogens is 428 g/mol. The van der Waals surface area contributed by atoms with Crippen molar-refractivity contribution in [3.8, 4) is 0 Å². The number of nitrogens with two attached hydrogens (primary N) is 2. The van der Waals surface area contributed by atoms with Crippen LogP contribution in [0.5, 0.6) is 0 Å². The Bertz CT molecular complexity index is 928. The Balaban J connectivity index is 0.000000431. The van der Waals surface area contributed by atoms with Gasteiger partial charge < -0.3 is 30.6 Å². The van der Waals surface area contributed by atoms with E-state index in [4.69, 9.17) is 28.0 Å². The van der Waals surface area contributed by atoms with Crippen molar-refractivity contribution in [2.75, 3.05) is 24.6 Å². The molecule has 0 spiro atoms. The Morgan fingerprint density at radius 3 is 2.72 bits per heavy atom. The largest absolute Gasteiger partial charge is 0.726 e. The molecular formula is C14H22N6O7S2. The lowest BCUT2D eigenvalue weighted by Gasteiger charge is -2.16.